The maximum absolute atomic E-state index is 13.3. The van der Waals surface area contributed by atoms with Crippen LogP contribution in [0.3, 0.4) is 0 Å². The van der Waals surface area contributed by atoms with Crippen molar-refractivity contribution in [3.05, 3.63) is 87.1 Å². The Balaban J connectivity index is 1.59. The summed E-state index contributed by atoms with van der Waals surface area (Å²) in [6.07, 6.45) is 0.900. The number of halogens is 3. The fourth-order valence-electron chi connectivity index (χ4n) is 2.74. The van der Waals surface area contributed by atoms with Gasteiger partial charge in [-0.3, -0.25) is 9.59 Å². The van der Waals surface area contributed by atoms with Gasteiger partial charge in [0.25, 0.3) is 11.8 Å². The van der Waals surface area contributed by atoms with Crippen molar-refractivity contribution in [2.75, 3.05) is 17.2 Å². The van der Waals surface area contributed by atoms with Crippen LogP contribution in [0.2, 0.25) is 5.02 Å². The molecule has 3 aromatic rings. The summed E-state index contributed by atoms with van der Waals surface area (Å²) in [5.74, 6) is -0.789. The van der Waals surface area contributed by atoms with Crippen LogP contribution in [-0.4, -0.2) is 18.4 Å². The minimum atomic E-state index is -0.570. The van der Waals surface area contributed by atoms with Crippen LogP contribution in [0.25, 0.3) is 0 Å². The highest BCUT2D eigenvalue weighted by Crippen LogP contribution is 2.26. The number of nitrogens with one attached hydrogen (secondary N) is 2. The molecule has 160 valence electrons. The van der Waals surface area contributed by atoms with E-state index in [9.17, 15) is 14.0 Å². The molecule has 0 bridgehead atoms. The van der Waals surface area contributed by atoms with E-state index in [0.717, 1.165) is 16.5 Å². The summed E-state index contributed by atoms with van der Waals surface area (Å²) >= 11 is 9.17. The number of carbonyl (C=O) groups excluding carboxylic acids is 2. The zero-order valence-corrected chi connectivity index (χ0v) is 18.9. The zero-order chi connectivity index (χ0) is 22.4. The summed E-state index contributed by atoms with van der Waals surface area (Å²) in [5.41, 5.74) is 2.27. The monoisotopic (exact) mass is 504 g/mol. The van der Waals surface area contributed by atoms with Gasteiger partial charge in [0.1, 0.15) is 11.6 Å². The Morgan fingerprint density at radius 2 is 1.81 bits per heavy atom. The van der Waals surface area contributed by atoms with Crippen molar-refractivity contribution < 1.29 is 18.7 Å². The number of hydrogen-bond acceptors (Lipinski definition) is 3. The van der Waals surface area contributed by atoms with Gasteiger partial charge in [-0.25, -0.2) is 4.39 Å². The first-order valence-electron chi connectivity index (χ1n) is 9.43. The predicted molar refractivity (Wildman–Crippen MR) is 123 cm³/mol. The quantitative estimate of drug-likeness (QED) is 0.409. The number of benzene rings is 3. The Kier molecular flexibility index (Phi) is 7.65. The van der Waals surface area contributed by atoms with Gasteiger partial charge in [-0.2, -0.15) is 0 Å². The van der Waals surface area contributed by atoms with Gasteiger partial charge < -0.3 is 15.4 Å². The minimum Gasteiger partial charge on any atom is -0.483 e. The number of amides is 2. The second kappa shape index (κ2) is 10.4. The Bertz CT molecular complexity index is 1120. The number of aryl methyl sites for hydroxylation is 1. The van der Waals surface area contributed by atoms with E-state index >= 15 is 0 Å². The van der Waals surface area contributed by atoms with Crippen LogP contribution in [0.4, 0.5) is 15.8 Å². The van der Waals surface area contributed by atoms with Gasteiger partial charge in [0, 0.05) is 16.9 Å². The molecule has 0 atom stereocenters. The molecule has 2 N–H and O–H groups in total. The summed E-state index contributed by atoms with van der Waals surface area (Å²) < 4.78 is 19.6. The molecule has 0 saturated carbocycles. The molecule has 3 aromatic carbocycles. The van der Waals surface area contributed by atoms with E-state index in [-0.39, 0.29) is 17.5 Å². The van der Waals surface area contributed by atoms with Gasteiger partial charge in [0.2, 0.25) is 0 Å². The van der Waals surface area contributed by atoms with Crippen molar-refractivity contribution in [2.45, 2.75) is 13.3 Å². The van der Waals surface area contributed by atoms with Crippen LogP contribution >= 0.6 is 27.5 Å². The fraction of sp³-hybridized carbons (Fsp3) is 0.130. The smallest absolute Gasteiger partial charge is 0.262 e. The lowest BCUT2D eigenvalue weighted by Gasteiger charge is -2.11. The molecule has 5 nitrogen and oxygen atoms in total. The lowest BCUT2D eigenvalue weighted by molar-refractivity contribution is -0.118. The van der Waals surface area contributed by atoms with E-state index in [4.69, 9.17) is 16.3 Å². The maximum atomic E-state index is 13.3. The molecule has 2 amide bonds. The lowest BCUT2D eigenvalue weighted by atomic mass is 10.1. The molecule has 0 aromatic heterocycles. The van der Waals surface area contributed by atoms with Gasteiger partial charge in [0.15, 0.2) is 6.61 Å². The van der Waals surface area contributed by atoms with Crippen LogP contribution in [0.5, 0.6) is 5.75 Å². The van der Waals surface area contributed by atoms with Crippen molar-refractivity contribution in [3.8, 4) is 5.75 Å². The van der Waals surface area contributed by atoms with Gasteiger partial charge in [-0.1, -0.05) is 30.7 Å². The molecule has 0 aliphatic heterocycles. The third-order valence-corrected chi connectivity index (χ3v) is 5.26. The molecule has 0 radical (unpaired) electrons. The highest BCUT2D eigenvalue weighted by atomic mass is 79.9. The fourth-order valence-corrected chi connectivity index (χ4v) is 3.46. The van der Waals surface area contributed by atoms with E-state index in [0.29, 0.717) is 22.7 Å². The number of anilines is 2. The van der Waals surface area contributed by atoms with E-state index < -0.39 is 11.7 Å². The third-order valence-electron chi connectivity index (χ3n) is 4.35. The van der Waals surface area contributed by atoms with Gasteiger partial charge in [-0.05, 0) is 76.4 Å². The van der Waals surface area contributed by atoms with Crippen LogP contribution in [0, 0.1) is 5.82 Å². The molecule has 31 heavy (non-hydrogen) atoms. The number of ether oxygens (including phenoxy) is 1. The Hall–Kier alpha value is -2.90. The first kappa shape index (κ1) is 22.8. The van der Waals surface area contributed by atoms with Crippen LogP contribution < -0.4 is 15.4 Å². The number of hydrogen-bond donors (Lipinski definition) is 2. The van der Waals surface area contributed by atoms with E-state index in [1.807, 2.05) is 18.2 Å². The number of rotatable bonds is 7. The van der Waals surface area contributed by atoms with Crippen molar-refractivity contribution in [1.29, 1.82) is 0 Å². The van der Waals surface area contributed by atoms with Crippen LogP contribution in [-0.2, 0) is 11.2 Å². The average molecular weight is 506 g/mol. The molecule has 0 unspecified atom stereocenters. The second-order valence-corrected chi connectivity index (χ2v) is 7.88. The molecule has 0 aliphatic rings. The third kappa shape index (κ3) is 6.29. The molecule has 8 heteroatoms. The highest BCUT2D eigenvalue weighted by Gasteiger charge is 2.11. The molecule has 0 heterocycles. The van der Waals surface area contributed by atoms with Gasteiger partial charge >= 0.3 is 0 Å². The van der Waals surface area contributed by atoms with Crippen LogP contribution in [0.1, 0.15) is 22.8 Å². The van der Waals surface area contributed by atoms with E-state index in [2.05, 4.69) is 33.5 Å². The topological polar surface area (TPSA) is 67.4 Å². The Labute approximate surface area is 192 Å². The summed E-state index contributed by atoms with van der Waals surface area (Å²) in [5, 5.41) is 5.25. The predicted octanol–water partition coefficient (Wildman–Crippen LogP) is 6.07. The van der Waals surface area contributed by atoms with Crippen molar-refractivity contribution in [1.82, 2.24) is 0 Å². The highest BCUT2D eigenvalue weighted by molar-refractivity contribution is 9.10. The minimum absolute atomic E-state index is 0.0882. The Morgan fingerprint density at radius 3 is 2.52 bits per heavy atom. The normalized spacial score (nSPS) is 10.5. The van der Waals surface area contributed by atoms with Crippen molar-refractivity contribution in [2.24, 2.45) is 0 Å². The van der Waals surface area contributed by atoms with Crippen LogP contribution in [0.15, 0.2) is 65.1 Å². The van der Waals surface area contributed by atoms with Gasteiger partial charge in [0.05, 0.1) is 9.50 Å². The average Bonchev–Trinajstić information content (AvgIpc) is 2.75. The largest absolute Gasteiger partial charge is 0.483 e. The van der Waals surface area contributed by atoms with E-state index in [1.165, 1.54) is 24.3 Å². The number of carbonyl (C=O) groups is 2. The molecule has 3 rings (SSSR count). The molecule has 0 saturated heterocycles. The Morgan fingerprint density at radius 1 is 1.03 bits per heavy atom. The molecule has 0 spiro atoms. The van der Waals surface area contributed by atoms with Crippen molar-refractivity contribution in [3.63, 3.8) is 0 Å². The standard InChI is InChI=1S/C23H19BrClFN2O3/c1-2-14-6-9-21(18(24)10-14)31-13-22(29)27-16-5-3-4-15(11-16)23(30)28-17-7-8-20(26)19(25)12-17/h3-12H,2,13H2,1H3,(H,27,29)(H,28,30). The summed E-state index contributed by atoms with van der Waals surface area (Å²) in [4.78, 5) is 24.7. The maximum Gasteiger partial charge on any atom is 0.262 e. The first-order valence-corrected chi connectivity index (χ1v) is 10.6. The van der Waals surface area contributed by atoms with Gasteiger partial charge in [-0.15, -0.1) is 0 Å². The molecule has 0 fully saturated rings. The zero-order valence-electron chi connectivity index (χ0n) is 16.5. The summed E-state index contributed by atoms with van der Waals surface area (Å²) in [6, 6.07) is 16.0. The lowest BCUT2D eigenvalue weighted by Crippen LogP contribution is -2.20. The summed E-state index contributed by atoms with van der Waals surface area (Å²) in [6.45, 7) is 1.87. The molecular weight excluding hydrogens is 487 g/mol. The second-order valence-electron chi connectivity index (χ2n) is 6.62. The molecular formula is C23H19BrClFN2O3. The van der Waals surface area contributed by atoms with E-state index in [1.54, 1.807) is 18.2 Å². The molecule has 0 aliphatic carbocycles. The summed E-state index contributed by atoms with van der Waals surface area (Å²) in [7, 11) is 0. The van der Waals surface area contributed by atoms with Crippen molar-refractivity contribution >= 4 is 50.7 Å². The first-order chi connectivity index (χ1) is 14.9. The SMILES string of the molecule is CCc1ccc(OCC(=O)Nc2cccc(C(=O)Nc3ccc(F)c(Cl)c3)c2)c(Br)c1.